The van der Waals surface area contributed by atoms with E-state index in [-0.39, 0.29) is 11.8 Å². The summed E-state index contributed by atoms with van der Waals surface area (Å²) < 4.78 is 0. The van der Waals surface area contributed by atoms with E-state index in [1.54, 1.807) is 24.3 Å². The van der Waals surface area contributed by atoms with Gasteiger partial charge in [-0.1, -0.05) is 19.1 Å². The third kappa shape index (κ3) is 4.91. The summed E-state index contributed by atoms with van der Waals surface area (Å²) in [6, 6.07) is 6.43. The summed E-state index contributed by atoms with van der Waals surface area (Å²) in [5.74, 6) is -0.372. The van der Waals surface area contributed by atoms with E-state index in [2.05, 4.69) is 10.6 Å². The summed E-state index contributed by atoms with van der Waals surface area (Å²) in [5.41, 5.74) is 1.40. The third-order valence-electron chi connectivity index (χ3n) is 2.68. The minimum Gasteiger partial charge on any atom is -0.352 e. The van der Waals surface area contributed by atoms with Crippen LogP contribution in [0.4, 0.5) is 0 Å². The average molecular weight is 262 g/mol. The lowest BCUT2D eigenvalue weighted by Gasteiger charge is -2.10. The molecule has 0 aromatic heterocycles. The molecular weight excluding hydrogens is 244 g/mol. The molecule has 0 bridgehead atoms. The lowest BCUT2D eigenvalue weighted by Crippen LogP contribution is -2.35. The monoisotopic (exact) mass is 262 g/mol. The Labute approximate surface area is 112 Å². The summed E-state index contributed by atoms with van der Waals surface area (Å²) in [6.07, 6.45) is 1.29. The number of aldehydes is 1. The zero-order valence-electron chi connectivity index (χ0n) is 11.1. The van der Waals surface area contributed by atoms with Crippen LogP contribution in [-0.2, 0) is 16.1 Å². The number of benzene rings is 1. The molecule has 1 aromatic rings. The molecule has 102 valence electrons. The number of carbonyl (C=O) groups is 3. The first kappa shape index (κ1) is 14.9. The van der Waals surface area contributed by atoms with Gasteiger partial charge in [-0.3, -0.25) is 9.59 Å². The van der Waals surface area contributed by atoms with E-state index >= 15 is 0 Å². The smallest absolute Gasteiger partial charge is 0.251 e. The zero-order valence-corrected chi connectivity index (χ0v) is 11.1. The van der Waals surface area contributed by atoms with Crippen LogP contribution in [0.15, 0.2) is 24.3 Å². The zero-order chi connectivity index (χ0) is 14.3. The summed E-state index contributed by atoms with van der Waals surface area (Å²) in [4.78, 5) is 33.2. The third-order valence-corrected chi connectivity index (χ3v) is 2.68. The Morgan fingerprint density at radius 1 is 1.26 bits per heavy atom. The van der Waals surface area contributed by atoms with Crippen molar-refractivity contribution in [1.29, 1.82) is 0 Å². The largest absolute Gasteiger partial charge is 0.352 e. The van der Waals surface area contributed by atoms with Gasteiger partial charge >= 0.3 is 0 Å². The summed E-state index contributed by atoms with van der Waals surface area (Å²) in [7, 11) is 0. The van der Waals surface area contributed by atoms with Crippen LogP contribution in [0.1, 0.15) is 36.2 Å². The Morgan fingerprint density at radius 2 is 1.89 bits per heavy atom. The molecule has 2 amide bonds. The molecule has 1 rings (SSSR count). The van der Waals surface area contributed by atoms with Gasteiger partial charge in [-0.2, -0.15) is 0 Å². The second-order valence-electron chi connectivity index (χ2n) is 4.23. The van der Waals surface area contributed by atoms with E-state index in [0.717, 1.165) is 11.8 Å². The van der Waals surface area contributed by atoms with Crippen LogP contribution in [0.2, 0.25) is 0 Å². The lowest BCUT2D eigenvalue weighted by atomic mass is 10.1. The highest BCUT2D eigenvalue weighted by Gasteiger charge is 2.10. The van der Waals surface area contributed by atoms with Gasteiger partial charge in [0.1, 0.15) is 6.29 Å². The molecule has 1 atom stereocenters. The number of hydrogen-bond acceptors (Lipinski definition) is 3. The van der Waals surface area contributed by atoms with Crippen molar-refractivity contribution in [3.05, 3.63) is 35.4 Å². The molecule has 0 aliphatic heterocycles. The highest BCUT2D eigenvalue weighted by Crippen LogP contribution is 2.05. The summed E-state index contributed by atoms with van der Waals surface area (Å²) in [5, 5.41) is 5.30. The molecule has 5 nitrogen and oxygen atoms in total. The maximum absolute atomic E-state index is 11.8. The summed E-state index contributed by atoms with van der Waals surface area (Å²) >= 11 is 0. The number of carbonyl (C=O) groups excluding carboxylic acids is 3. The van der Waals surface area contributed by atoms with E-state index in [9.17, 15) is 14.4 Å². The number of hydrogen-bond donors (Lipinski definition) is 2. The second-order valence-corrected chi connectivity index (χ2v) is 4.23. The van der Waals surface area contributed by atoms with Gasteiger partial charge < -0.3 is 15.4 Å². The van der Waals surface area contributed by atoms with E-state index < -0.39 is 6.04 Å². The van der Waals surface area contributed by atoms with Gasteiger partial charge in [0, 0.05) is 19.0 Å². The molecule has 0 aliphatic rings. The molecular formula is C14H18N2O3. The SMILES string of the molecule is CC[C@@H](C=O)NC(=O)c1ccc(CNC(C)=O)cc1. The molecule has 0 aliphatic carbocycles. The maximum Gasteiger partial charge on any atom is 0.251 e. The van der Waals surface area contributed by atoms with Gasteiger partial charge in [-0.25, -0.2) is 0 Å². The molecule has 0 spiro atoms. The predicted octanol–water partition coefficient (Wildman–Crippen LogP) is 1.03. The lowest BCUT2D eigenvalue weighted by molar-refractivity contribution is -0.119. The molecule has 5 heteroatoms. The van der Waals surface area contributed by atoms with Crippen LogP contribution < -0.4 is 10.6 Å². The second kappa shape index (κ2) is 7.31. The fraction of sp³-hybridized carbons (Fsp3) is 0.357. The molecule has 1 aromatic carbocycles. The van der Waals surface area contributed by atoms with E-state index in [4.69, 9.17) is 0 Å². The number of amides is 2. The molecule has 0 heterocycles. The van der Waals surface area contributed by atoms with Crippen LogP contribution in [0.3, 0.4) is 0 Å². The van der Waals surface area contributed by atoms with Crippen molar-refractivity contribution in [2.75, 3.05) is 0 Å². The van der Waals surface area contributed by atoms with Crippen molar-refractivity contribution in [3.63, 3.8) is 0 Å². The number of nitrogens with one attached hydrogen (secondary N) is 2. The number of rotatable bonds is 6. The van der Waals surface area contributed by atoms with Crippen LogP contribution in [0, 0.1) is 0 Å². The minimum absolute atomic E-state index is 0.0985. The van der Waals surface area contributed by atoms with Crippen molar-refractivity contribution >= 4 is 18.1 Å². The highest BCUT2D eigenvalue weighted by molar-refractivity contribution is 5.95. The van der Waals surface area contributed by atoms with Crippen molar-refractivity contribution in [3.8, 4) is 0 Å². The molecule has 0 unspecified atom stereocenters. The molecule has 0 fully saturated rings. The molecule has 19 heavy (non-hydrogen) atoms. The van der Waals surface area contributed by atoms with E-state index in [0.29, 0.717) is 18.5 Å². The van der Waals surface area contributed by atoms with Crippen molar-refractivity contribution < 1.29 is 14.4 Å². The fourth-order valence-corrected chi connectivity index (χ4v) is 1.48. The van der Waals surface area contributed by atoms with Gasteiger partial charge in [-0.05, 0) is 24.1 Å². The Hall–Kier alpha value is -2.17. The molecule has 2 N–H and O–H groups in total. The van der Waals surface area contributed by atoms with Crippen LogP contribution in [0.5, 0.6) is 0 Å². The van der Waals surface area contributed by atoms with Gasteiger partial charge in [0.2, 0.25) is 5.91 Å². The van der Waals surface area contributed by atoms with Gasteiger partial charge in [0.05, 0.1) is 6.04 Å². The quantitative estimate of drug-likeness (QED) is 0.752. The van der Waals surface area contributed by atoms with Gasteiger partial charge in [-0.15, -0.1) is 0 Å². The maximum atomic E-state index is 11.8. The fourth-order valence-electron chi connectivity index (χ4n) is 1.48. The predicted molar refractivity (Wildman–Crippen MR) is 71.6 cm³/mol. The molecule has 0 saturated carbocycles. The first-order valence-corrected chi connectivity index (χ1v) is 6.16. The first-order chi connectivity index (χ1) is 9.06. The van der Waals surface area contributed by atoms with Gasteiger partial charge in [0.25, 0.3) is 5.91 Å². The first-order valence-electron chi connectivity index (χ1n) is 6.16. The Bertz CT molecular complexity index is 454. The van der Waals surface area contributed by atoms with Gasteiger partial charge in [0.15, 0.2) is 0 Å². The van der Waals surface area contributed by atoms with Crippen LogP contribution in [-0.4, -0.2) is 24.1 Å². The van der Waals surface area contributed by atoms with Crippen LogP contribution >= 0.6 is 0 Å². The van der Waals surface area contributed by atoms with Crippen LogP contribution in [0.25, 0.3) is 0 Å². The minimum atomic E-state index is -0.452. The van der Waals surface area contributed by atoms with E-state index in [1.807, 2.05) is 6.92 Å². The van der Waals surface area contributed by atoms with Crippen molar-refractivity contribution in [1.82, 2.24) is 10.6 Å². The summed E-state index contributed by atoms with van der Waals surface area (Å²) in [6.45, 7) is 3.71. The normalized spacial score (nSPS) is 11.5. The highest BCUT2D eigenvalue weighted by atomic mass is 16.2. The topological polar surface area (TPSA) is 75.3 Å². The van der Waals surface area contributed by atoms with Crippen molar-refractivity contribution in [2.45, 2.75) is 32.9 Å². The molecule has 0 radical (unpaired) electrons. The Morgan fingerprint density at radius 3 is 2.37 bits per heavy atom. The standard InChI is InChI=1S/C14H18N2O3/c1-3-13(9-17)16-14(19)12-6-4-11(5-7-12)8-15-10(2)18/h4-7,9,13H,3,8H2,1-2H3,(H,15,18)(H,16,19)/t13-/m0/s1. The van der Waals surface area contributed by atoms with E-state index in [1.165, 1.54) is 6.92 Å². The average Bonchev–Trinajstić information content (AvgIpc) is 2.42. The molecule has 0 saturated heterocycles. The Kier molecular flexibility index (Phi) is 5.73. The Balaban J connectivity index is 2.62. The van der Waals surface area contributed by atoms with Crippen molar-refractivity contribution in [2.24, 2.45) is 0 Å².